The molecule has 0 aromatic heterocycles. The van der Waals surface area contributed by atoms with Crippen molar-refractivity contribution in [3.63, 3.8) is 0 Å². The van der Waals surface area contributed by atoms with Gasteiger partial charge < -0.3 is 5.32 Å². The van der Waals surface area contributed by atoms with Gasteiger partial charge in [-0.2, -0.15) is 5.26 Å². The molecule has 0 aromatic carbocycles. The summed E-state index contributed by atoms with van der Waals surface area (Å²) in [5, 5.41) is 12.1. The van der Waals surface area contributed by atoms with E-state index in [4.69, 9.17) is 5.26 Å². The minimum absolute atomic E-state index is 0.364. The Kier molecular flexibility index (Phi) is 5.71. The molecule has 1 unspecified atom stereocenters. The SMILES string of the molecule is CCCC1CCC(NC(C)CC#N)CC1. The molecule has 1 aliphatic carbocycles. The Morgan fingerprint density at radius 2 is 2.00 bits per heavy atom. The average molecular weight is 208 g/mol. The monoisotopic (exact) mass is 208 g/mol. The Labute approximate surface area is 94.1 Å². The summed E-state index contributed by atoms with van der Waals surface area (Å²) in [5.41, 5.74) is 0. The highest BCUT2D eigenvalue weighted by atomic mass is 14.9. The van der Waals surface area contributed by atoms with Crippen molar-refractivity contribution in [1.82, 2.24) is 5.32 Å². The van der Waals surface area contributed by atoms with Crippen molar-refractivity contribution in [1.29, 1.82) is 5.26 Å². The quantitative estimate of drug-likeness (QED) is 0.753. The summed E-state index contributed by atoms with van der Waals surface area (Å²) in [6.45, 7) is 4.39. The van der Waals surface area contributed by atoms with Gasteiger partial charge in [-0.1, -0.05) is 19.8 Å². The van der Waals surface area contributed by atoms with Gasteiger partial charge in [-0.25, -0.2) is 0 Å². The van der Waals surface area contributed by atoms with Crippen LogP contribution in [0.2, 0.25) is 0 Å². The lowest BCUT2D eigenvalue weighted by atomic mass is 9.83. The van der Waals surface area contributed by atoms with Gasteiger partial charge in [-0.05, 0) is 38.5 Å². The Balaban J connectivity index is 2.17. The van der Waals surface area contributed by atoms with Gasteiger partial charge in [0.25, 0.3) is 0 Å². The van der Waals surface area contributed by atoms with Crippen LogP contribution in [0, 0.1) is 17.2 Å². The summed E-state index contributed by atoms with van der Waals surface area (Å²) in [4.78, 5) is 0. The van der Waals surface area contributed by atoms with Gasteiger partial charge in [0.1, 0.15) is 0 Å². The number of nitrogens with one attached hydrogen (secondary N) is 1. The molecule has 1 N–H and O–H groups in total. The number of rotatable bonds is 5. The van der Waals surface area contributed by atoms with Crippen LogP contribution in [-0.4, -0.2) is 12.1 Å². The van der Waals surface area contributed by atoms with Crippen LogP contribution < -0.4 is 5.32 Å². The molecule has 1 aliphatic rings. The summed E-state index contributed by atoms with van der Waals surface area (Å²) in [6.07, 6.45) is 8.74. The van der Waals surface area contributed by atoms with Crippen LogP contribution in [0.1, 0.15) is 58.8 Å². The van der Waals surface area contributed by atoms with Gasteiger partial charge >= 0.3 is 0 Å². The van der Waals surface area contributed by atoms with Crippen LogP contribution in [0.3, 0.4) is 0 Å². The highest BCUT2D eigenvalue weighted by Gasteiger charge is 2.21. The van der Waals surface area contributed by atoms with Gasteiger partial charge in [-0.3, -0.25) is 0 Å². The molecule has 0 heterocycles. The molecule has 1 atom stereocenters. The molecule has 1 fully saturated rings. The Hall–Kier alpha value is -0.550. The first kappa shape index (κ1) is 12.5. The molecular formula is C13H24N2. The summed E-state index contributed by atoms with van der Waals surface area (Å²) < 4.78 is 0. The molecule has 2 heteroatoms. The molecule has 15 heavy (non-hydrogen) atoms. The van der Waals surface area contributed by atoms with Crippen LogP contribution in [0.25, 0.3) is 0 Å². The highest BCUT2D eigenvalue weighted by molar-refractivity contribution is 4.83. The second kappa shape index (κ2) is 6.85. The topological polar surface area (TPSA) is 35.8 Å². The molecule has 1 rings (SSSR count). The summed E-state index contributed by atoms with van der Waals surface area (Å²) >= 11 is 0. The molecule has 1 saturated carbocycles. The van der Waals surface area contributed by atoms with Crippen molar-refractivity contribution in [3.8, 4) is 6.07 Å². The van der Waals surface area contributed by atoms with E-state index in [1.807, 2.05) is 0 Å². The van der Waals surface area contributed by atoms with Crippen molar-refractivity contribution in [3.05, 3.63) is 0 Å². The van der Waals surface area contributed by atoms with Gasteiger partial charge in [0.15, 0.2) is 0 Å². The second-order valence-electron chi connectivity index (χ2n) is 4.94. The van der Waals surface area contributed by atoms with Crippen molar-refractivity contribution < 1.29 is 0 Å². The largest absolute Gasteiger partial charge is 0.310 e. The third kappa shape index (κ3) is 4.66. The van der Waals surface area contributed by atoms with Gasteiger partial charge in [0.05, 0.1) is 12.5 Å². The van der Waals surface area contributed by atoms with Crippen molar-refractivity contribution >= 4 is 0 Å². The molecule has 0 saturated heterocycles. The van der Waals surface area contributed by atoms with E-state index in [2.05, 4.69) is 25.2 Å². The fourth-order valence-electron chi connectivity index (χ4n) is 2.62. The van der Waals surface area contributed by atoms with E-state index >= 15 is 0 Å². The van der Waals surface area contributed by atoms with E-state index in [1.165, 1.54) is 38.5 Å². The van der Waals surface area contributed by atoms with Crippen LogP contribution in [-0.2, 0) is 0 Å². The summed E-state index contributed by atoms with van der Waals surface area (Å²) in [5.74, 6) is 0.972. The predicted octanol–water partition coefficient (Wildman–Crippen LogP) is 3.24. The molecule has 0 amide bonds. The summed E-state index contributed by atoms with van der Waals surface area (Å²) in [6, 6.07) is 3.26. The minimum Gasteiger partial charge on any atom is -0.310 e. The Morgan fingerprint density at radius 3 is 2.53 bits per heavy atom. The fourth-order valence-corrected chi connectivity index (χ4v) is 2.62. The lowest BCUT2D eigenvalue weighted by molar-refractivity contribution is 0.266. The highest BCUT2D eigenvalue weighted by Crippen LogP contribution is 2.27. The second-order valence-corrected chi connectivity index (χ2v) is 4.94. The van der Waals surface area contributed by atoms with Crippen molar-refractivity contribution in [2.45, 2.75) is 70.9 Å². The van der Waals surface area contributed by atoms with E-state index in [0.717, 1.165) is 5.92 Å². The number of nitrogens with zero attached hydrogens (tertiary/aromatic N) is 1. The van der Waals surface area contributed by atoms with Gasteiger partial charge in [0.2, 0.25) is 0 Å². The number of nitriles is 1. The molecule has 0 spiro atoms. The van der Waals surface area contributed by atoms with E-state index in [-0.39, 0.29) is 0 Å². The van der Waals surface area contributed by atoms with Crippen LogP contribution >= 0.6 is 0 Å². The third-order valence-electron chi connectivity index (χ3n) is 3.46. The van der Waals surface area contributed by atoms with Crippen molar-refractivity contribution in [2.24, 2.45) is 5.92 Å². The minimum atomic E-state index is 0.364. The fraction of sp³-hybridized carbons (Fsp3) is 0.923. The first-order valence-electron chi connectivity index (χ1n) is 6.39. The van der Waals surface area contributed by atoms with Crippen LogP contribution in [0.4, 0.5) is 0 Å². The smallest absolute Gasteiger partial charge is 0.0638 e. The summed E-state index contributed by atoms with van der Waals surface area (Å²) in [7, 11) is 0. The molecule has 0 aromatic rings. The first-order valence-corrected chi connectivity index (χ1v) is 6.39. The standard InChI is InChI=1S/C13H24N2/c1-3-4-12-5-7-13(8-6-12)15-11(2)9-10-14/h11-13,15H,3-9H2,1-2H3. The van der Waals surface area contributed by atoms with E-state index < -0.39 is 0 Å². The first-order chi connectivity index (χ1) is 7.26. The Morgan fingerprint density at radius 1 is 1.33 bits per heavy atom. The maximum atomic E-state index is 8.59. The van der Waals surface area contributed by atoms with E-state index in [1.54, 1.807) is 0 Å². The molecule has 2 nitrogen and oxygen atoms in total. The zero-order valence-corrected chi connectivity index (χ0v) is 10.1. The molecule has 0 bridgehead atoms. The molecule has 86 valence electrons. The zero-order valence-electron chi connectivity index (χ0n) is 10.1. The molecule has 0 radical (unpaired) electrons. The van der Waals surface area contributed by atoms with Gasteiger partial charge in [0, 0.05) is 12.1 Å². The number of hydrogen-bond donors (Lipinski definition) is 1. The maximum absolute atomic E-state index is 8.59. The zero-order chi connectivity index (χ0) is 11.1. The lowest BCUT2D eigenvalue weighted by Crippen LogP contribution is -2.38. The van der Waals surface area contributed by atoms with Gasteiger partial charge in [-0.15, -0.1) is 0 Å². The average Bonchev–Trinajstić information content (AvgIpc) is 2.22. The number of hydrogen-bond acceptors (Lipinski definition) is 2. The molecular weight excluding hydrogens is 184 g/mol. The van der Waals surface area contributed by atoms with Crippen LogP contribution in [0.15, 0.2) is 0 Å². The van der Waals surface area contributed by atoms with Crippen molar-refractivity contribution in [2.75, 3.05) is 0 Å². The van der Waals surface area contributed by atoms with E-state index in [0.29, 0.717) is 18.5 Å². The lowest BCUT2D eigenvalue weighted by Gasteiger charge is -2.30. The normalized spacial score (nSPS) is 28.3. The maximum Gasteiger partial charge on any atom is 0.0638 e. The predicted molar refractivity (Wildman–Crippen MR) is 63.5 cm³/mol. The van der Waals surface area contributed by atoms with Crippen LogP contribution in [0.5, 0.6) is 0 Å². The molecule has 0 aliphatic heterocycles. The van der Waals surface area contributed by atoms with E-state index in [9.17, 15) is 0 Å². The Bertz CT molecular complexity index is 199. The third-order valence-corrected chi connectivity index (χ3v) is 3.46.